The Kier molecular flexibility index (Phi) is 3.83. The molecule has 0 radical (unpaired) electrons. The molecule has 1 fully saturated rings. The summed E-state index contributed by atoms with van der Waals surface area (Å²) in [6.45, 7) is 6.77. The minimum Gasteiger partial charge on any atom is -0.479 e. The lowest BCUT2D eigenvalue weighted by Gasteiger charge is -2.31. The molecule has 0 amide bonds. The fourth-order valence-electron chi connectivity index (χ4n) is 1.90. The van der Waals surface area contributed by atoms with E-state index in [0.717, 1.165) is 0 Å². The fraction of sp³-hybridized carbons (Fsp3) is 0.800. The van der Waals surface area contributed by atoms with E-state index in [4.69, 9.17) is 14.4 Å². The van der Waals surface area contributed by atoms with Gasteiger partial charge >= 0.3 is 19.1 Å². The summed E-state index contributed by atoms with van der Waals surface area (Å²) in [4.78, 5) is 22.5. The first kappa shape index (κ1) is 14.0. The van der Waals surface area contributed by atoms with Crippen molar-refractivity contribution in [1.29, 1.82) is 0 Å². The Balaban J connectivity index is 3.16. The third-order valence-corrected chi connectivity index (χ3v) is 2.93. The molecule has 1 aliphatic heterocycles. The summed E-state index contributed by atoms with van der Waals surface area (Å²) in [6.07, 6.45) is -1.48. The minimum atomic E-state index is -1.82. The Morgan fingerprint density at radius 2 is 1.76 bits per heavy atom. The van der Waals surface area contributed by atoms with E-state index in [0.29, 0.717) is 0 Å². The van der Waals surface area contributed by atoms with Crippen LogP contribution in [0.15, 0.2) is 0 Å². The van der Waals surface area contributed by atoms with Crippen molar-refractivity contribution in [2.75, 3.05) is 0 Å². The highest BCUT2D eigenvalue weighted by atomic mass is 16.7. The zero-order valence-corrected chi connectivity index (χ0v) is 10.3. The Labute approximate surface area is 100 Å². The second kappa shape index (κ2) is 4.66. The van der Waals surface area contributed by atoms with E-state index in [1.807, 2.05) is 0 Å². The van der Waals surface area contributed by atoms with Crippen molar-refractivity contribution in [1.82, 2.24) is 0 Å². The van der Waals surface area contributed by atoms with Gasteiger partial charge in [-0.3, -0.25) is 0 Å². The molecule has 0 aromatic rings. The van der Waals surface area contributed by atoms with Gasteiger partial charge in [0.15, 0.2) is 11.7 Å². The van der Waals surface area contributed by atoms with E-state index < -0.39 is 36.7 Å². The Morgan fingerprint density at radius 3 is 2.00 bits per heavy atom. The van der Waals surface area contributed by atoms with E-state index in [9.17, 15) is 14.7 Å². The predicted molar refractivity (Wildman–Crippen MR) is 59.7 cm³/mol. The molecule has 7 heteroatoms. The van der Waals surface area contributed by atoms with Gasteiger partial charge in [0.2, 0.25) is 0 Å². The topological polar surface area (TPSA) is 93.1 Å². The number of hydrogen-bond donors (Lipinski definition) is 2. The summed E-state index contributed by atoms with van der Waals surface area (Å²) >= 11 is 0. The number of carboxylic acid groups (broad SMARTS) is 2. The van der Waals surface area contributed by atoms with Crippen molar-refractivity contribution in [3.05, 3.63) is 0 Å². The summed E-state index contributed by atoms with van der Waals surface area (Å²) < 4.78 is 10.6. The number of aliphatic carboxylic acids is 2. The molecule has 2 atom stereocenters. The Bertz CT molecular complexity index is 329. The molecule has 2 N–H and O–H groups in total. The van der Waals surface area contributed by atoms with Crippen molar-refractivity contribution < 1.29 is 29.1 Å². The molecule has 0 bridgehead atoms. The van der Waals surface area contributed by atoms with Crippen LogP contribution in [0.4, 0.5) is 0 Å². The van der Waals surface area contributed by atoms with Crippen molar-refractivity contribution >= 4 is 19.1 Å². The standard InChI is InChI=1S/C10H17BO6/c1-5(2)10(9(14)15)7(8(12)13)16-11(17-10)6(3)4/h5-7H,1-4H3,(H,12,13)(H,14,15)/t7-,10+/m0/s1. The number of rotatable bonds is 4. The lowest BCUT2D eigenvalue weighted by Crippen LogP contribution is -2.55. The molecule has 6 nitrogen and oxygen atoms in total. The summed E-state index contributed by atoms with van der Waals surface area (Å²) in [7, 11) is -0.811. The molecule has 0 spiro atoms. The van der Waals surface area contributed by atoms with Crippen LogP contribution in [0.3, 0.4) is 0 Å². The lowest BCUT2D eigenvalue weighted by molar-refractivity contribution is -0.172. The van der Waals surface area contributed by atoms with Crippen LogP contribution in [0, 0.1) is 5.92 Å². The van der Waals surface area contributed by atoms with Gasteiger partial charge in [-0.2, -0.15) is 0 Å². The zero-order valence-electron chi connectivity index (χ0n) is 10.3. The van der Waals surface area contributed by atoms with Crippen molar-refractivity contribution in [3.63, 3.8) is 0 Å². The first-order valence-corrected chi connectivity index (χ1v) is 5.53. The summed E-state index contributed by atoms with van der Waals surface area (Å²) in [5.74, 6) is -3.24. The van der Waals surface area contributed by atoms with Gasteiger partial charge in [-0.15, -0.1) is 0 Å². The molecule has 1 aliphatic rings. The second-order valence-electron chi connectivity index (χ2n) is 4.84. The third-order valence-electron chi connectivity index (χ3n) is 2.93. The highest BCUT2D eigenvalue weighted by Crippen LogP contribution is 2.38. The van der Waals surface area contributed by atoms with Crippen molar-refractivity contribution in [2.45, 2.75) is 45.2 Å². The van der Waals surface area contributed by atoms with Gasteiger partial charge in [0.05, 0.1) is 0 Å². The van der Waals surface area contributed by atoms with E-state index in [-0.39, 0.29) is 5.82 Å². The van der Waals surface area contributed by atoms with Gasteiger partial charge in [0, 0.05) is 0 Å². The molecule has 1 rings (SSSR count). The molecule has 0 saturated carbocycles. The van der Waals surface area contributed by atoms with Gasteiger partial charge in [0.1, 0.15) is 0 Å². The molecular weight excluding hydrogens is 227 g/mol. The monoisotopic (exact) mass is 244 g/mol. The maximum Gasteiger partial charge on any atom is 0.461 e. The van der Waals surface area contributed by atoms with Gasteiger partial charge < -0.3 is 19.5 Å². The smallest absolute Gasteiger partial charge is 0.461 e. The van der Waals surface area contributed by atoms with Crippen LogP contribution in [-0.4, -0.2) is 41.0 Å². The van der Waals surface area contributed by atoms with Crippen LogP contribution >= 0.6 is 0 Å². The highest BCUT2D eigenvalue weighted by molar-refractivity contribution is 6.48. The highest BCUT2D eigenvalue weighted by Gasteiger charge is 2.62. The van der Waals surface area contributed by atoms with Gasteiger partial charge in [-0.1, -0.05) is 27.7 Å². The van der Waals surface area contributed by atoms with Crippen molar-refractivity contribution in [3.8, 4) is 0 Å². The molecule has 0 aromatic carbocycles. The molecule has 1 saturated heterocycles. The number of carbonyl (C=O) groups is 2. The van der Waals surface area contributed by atoms with E-state index in [1.165, 1.54) is 0 Å². The maximum atomic E-state index is 11.4. The lowest BCUT2D eigenvalue weighted by atomic mass is 9.74. The minimum absolute atomic E-state index is 0.114. The van der Waals surface area contributed by atoms with E-state index in [1.54, 1.807) is 27.7 Å². The van der Waals surface area contributed by atoms with Crippen LogP contribution in [-0.2, 0) is 18.9 Å². The average Bonchev–Trinajstić information content (AvgIpc) is 2.58. The van der Waals surface area contributed by atoms with E-state index in [2.05, 4.69) is 0 Å². The zero-order chi connectivity index (χ0) is 13.4. The second-order valence-corrected chi connectivity index (χ2v) is 4.84. The molecule has 96 valence electrons. The SMILES string of the molecule is CC(C)B1O[C@@H](C(=O)O)[C@@](C(=O)O)(C(C)C)O1. The molecule has 0 unspecified atom stereocenters. The van der Waals surface area contributed by atoms with E-state index >= 15 is 0 Å². The number of carboxylic acids is 2. The molecule has 0 aromatic heterocycles. The van der Waals surface area contributed by atoms with Crippen LogP contribution < -0.4 is 0 Å². The van der Waals surface area contributed by atoms with Crippen LogP contribution in [0.25, 0.3) is 0 Å². The normalized spacial score (nSPS) is 29.1. The number of hydrogen-bond acceptors (Lipinski definition) is 4. The summed E-state index contributed by atoms with van der Waals surface area (Å²) in [5, 5.41) is 18.4. The maximum absolute atomic E-state index is 11.4. The molecule has 1 heterocycles. The van der Waals surface area contributed by atoms with Crippen LogP contribution in [0.5, 0.6) is 0 Å². The largest absolute Gasteiger partial charge is 0.479 e. The quantitative estimate of drug-likeness (QED) is 0.712. The van der Waals surface area contributed by atoms with Gasteiger partial charge in [-0.25, -0.2) is 9.59 Å². The fourth-order valence-corrected chi connectivity index (χ4v) is 1.90. The third kappa shape index (κ3) is 2.17. The average molecular weight is 244 g/mol. The molecule has 0 aliphatic carbocycles. The van der Waals surface area contributed by atoms with Gasteiger partial charge in [0.25, 0.3) is 0 Å². The first-order valence-electron chi connectivity index (χ1n) is 5.53. The molecular formula is C10H17BO6. The predicted octanol–water partition coefficient (Wildman–Crippen LogP) is 0.864. The Hall–Kier alpha value is -1.08. The van der Waals surface area contributed by atoms with Crippen LogP contribution in [0.1, 0.15) is 27.7 Å². The van der Waals surface area contributed by atoms with Crippen molar-refractivity contribution in [2.24, 2.45) is 5.92 Å². The summed E-state index contributed by atoms with van der Waals surface area (Å²) in [5.41, 5.74) is -1.82. The van der Waals surface area contributed by atoms with Crippen LogP contribution in [0.2, 0.25) is 5.82 Å². The molecule has 17 heavy (non-hydrogen) atoms. The Morgan fingerprint density at radius 1 is 1.24 bits per heavy atom. The summed E-state index contributed by atoms with van der Waals surface area (Å²) in [6, 6.07) is 0. The van der Waals surface area contributed by atoms with Gasteiger partial charge in [-0.05, 0) is 11.7 Å². The first-order chi connectivity index (χ1) is 7.73.